The first-order chi connectivity index (χ1) is 13.2. The van der Waals surface area contributed by atoms with Crippen LogP contribution in [0.3, 0.4) is 0 Å². The largest absolute Gasteiger partial charge is 0.295 e. The quantitative estimate of drug-likeness (QED) is 0.468. The van der Waals surface area contributed by atoms with Gasteiger partial charge in [0.1, 0.15) is 0 Å². The Morgan fingerprint density at radius 2 is 1.86 bits per heavy atom. The number of nitrogens with one attached hydrogen (secondary N) is 1. The maximum absolute atomic E-state index is 12.5. The van der Waals surface area contributed by atoms with Crippen LogP contribution < -0.4 is 4.72 Å². The highest BCUT2D eigenvalue weighted by molar-refractivity contribution is 7.99. The van der Waals surface area contributed by atoms with Crippen molar-refractivity contribution >= 4 is 33.3 Å². The zero-order chi connectivity index (χ0) is 20.3. The number of aryl methyl sites for hydroxylation is 2. The van der Waals surface area contributed by atoms with Crippen molar-refractivity contribution in [1.82, 2.24) is 9.55 Å². The summed E-state index contributed by atoms with van der Waals surface area (Å²) in [5, 5.41) is 0.746. The normalized spacial score (nSPS) is 11.4. The molecular formula is C20H21N3O3S2. The molecule has 0 aliphatic heterocycles. The fourth-order valence-electron chi connectivity index (χ4n) is 2.81. The molecule has 0 unspecified atom stereocenters. The van der Waals surface area contributed by atoms with Gasteiger partial charge in [-0.15, -0.1) is 0 Å². The van der Waals surface area contributed by atoms with Gasteiger partial charge in [0.2, 0.25) is 10.0 Å². The van der Waals surface area contributed by atoms with Gasteiger partial charge in [-0.25, -0.2) is 13.4 Å². The van der Waals surface area contributed by atoms with Crippen molar-refractivity contribution in [3.05, 3.63) is 71.5 Å². The lowest BCUT2D eigenvalue weighted by Crippen LogP contribution is -2.10. The van der Waals surface area contributed by atoms with E-state index in [0.717, 1.165) is 22.7 Å². The number of anilines is 1. The number of benzene rings is 2. The molecule has 0 aliphatic rings. The second-order valence-electron chi connectivity index (χ2n) is 6.53. The number of Topliss-reactive ketones (excluding diaryl/α,β-unsaturated/α-hetero) is 1. The average molecular weight is 416 g/mol. The standard InChI is InChI=1S/C20H21N3O3S2/c1-14-4-9-18(15(2)12-14)23-11-10-21-20(23)27-13-19(24)16-5-7-17(8-6-16)22-28(3,25)26/h4-12,22H,13H2,1-3H3. The summed E-state index contributed by atoms with van der Waals surface area (Å²) >= 11 is 1.37. The van der Waals surface area contributed by atoms with Gasteiger partial charge in [-0.2, -0.15) is 0 Å². The van der Waals surface area contributed by atoms with E-state index < -0.39 is 10.0 Å². The van der Waals surface area contributed by atoms with Crippen LogP contribution in [0.4, 0.5) is 5.69 Å². The molecule has 0 spiro atoms. The maximum Gasteiger partial charge on any atom is 0.229 e. The molecule has 0 amide bonds. The predicted octanol–water partition coefficient (Wildman–Crippen LogP) is 3.84. The Hall–Kier alpha value is -2.58. The van der Waals surface area contributed by atoms with Crippen molar-refractivity contribution in [2.45, 2.75) is 19.0 Å². The second-order valence-corrected chi connectivity index (χ2v) is 9.22. The first kappa shape index (κ1) is 20.2. The maximum atomic E-state index is 12.5. The zero-order valence-corrected chi connectivity index (χ0v) is 17.5. The topological polar surface area (TPSA) is 81.1 Å². The van der Waals surface area contributed by atoms with Crippen LogP contribution in [0.5, 0.6) is 0 Å². The molecule has 3 rings (SSSR count). The summed E-state index contributed by atoms with van der Waals surface area (Å²) in [5.41, 5.74) is 4.32. The van der Waals surface area contributed by atoms with Crippen molar-refractivity contribution in [1.29, 1.82) is 0 Å². The number of aromatic nitrogens is 2. The number of carbonyl (C=O) groups is 1. The molecular weight excluding hydrogens is 394 g/mol. The Labute approximate surface area is 169 Å². The van der Waals surface area contributed by atoms with Crippen LogP contribution in [-0.4, -0.2) is 35.8 Å². The van der Waals surface area contributed by atoms with Crippen molar-refractivity contribution in [3.8, 4) is 5.69 Å². The average Bonchev–Trinajstić information content (AvgIpc) is 3.07. The molecule has 0 saturated heterocycles. The second kappa shape index (κ2) is 8.20. The van der Waals surface area contributed by atoms with E-state index in [9.17, 15) is 13.2 Å². The number of ketones is 1. The molecule has 0 bridgehead atoms. The molecule has 0 saturated carbocycles. The summed E-state index contributed by atoms with van der Waals surface area (Å²) in [6.45, 7) is 4.10. The van der Waals surface area contributed by atoms with E-state index in [1.54, 1.807) is 30.5 Å². The minimum absolute atomic E-state index is 0.0499. The number of rotatable bonds is 7. The fourth-order valence-corrected chi connectivity index (χ4v) is 4.23. The molecule has 2 aromatic carbocycles. The molecule has 146 valence electrons. The molecule has 1 heterocycles. The monoisotopic (exact) mass is 415 g/mol. The van der Waals surface area contributed by atoms with Gasteiger partial charge in [0.15, 0.2) is 10.9 Å². The van der Waals surface area contributed by atoms with Crippen LogP contribution >= 0.6 is 11.8 Å². The van der Waals surface area contributed by atoms with E-state index in [2.05, 4.69) is 22.7 Å². The van der Waals surface area contributed by atoms with Gasteiger partial charge in [-0.1, -0.05) is 29.5 Å². The lowest BCUT2D eigenvalue weighted by Gasteiger charge is -2.11. The van der Waals surface area contributed by atoms with E-state index in [0.29, 0.717) is 11.3 Å². The summed E-state index contributed by atoms with van der Waals surface area (Å²) in [6.07, 6.45) is 4.69. The highest BCUT2D eigenvalue weighted by Crippen LogP contribution is 2.24. The summed E-state index contributed by atoms with van der Waals surface area (Å²) in [4.78, 5) is 16.9. The highest BCUT2D eigenvalue weighted by atomic mass is 32.2. The van der Waals surface area contributed by atoms with Crippen LogP contribution in [0, 0.1) is 13.8 Å². The molecule has 0 radical (unpaired) electrons. The molecule has 1 aromatic heterocycles. The van der Waals surface area contributed by atoms with E-state index in [1.165, 1.54) is 17.3 Å². The van der Waals surface area contributed by atoms with Gasteiger partial charge in [0, 0.05) is 23.6 Å². The number of carbonyl (C=O) groups excluding carboxylic acids is 1. The lowest BCUT2D eigenvalue weighted by atomic mass is 10.1. The van der Waals surface area contributed by atoms with Crippen molar-refractivity contribution < 1.29 is 13.2 Å². The van der Waals surface area contributed by atoms with E-state index in [4.69, 9.17) is 0 Å². The van der Waals surface area contributed by atoms with Gasteiger partial charge in [-0.05, 0) is 49.7 Å². The van der Waals surface area contributed by atoms with Crippen molar-refractivity contribution in [2.75, 3.05) is 16.7 Å². The molecule has 6 nitrogen and oxygen atoms in total. The Bertz CT molecular complexity index is 1100. The van der Waals surface area contributed by atoms with E-state index in [1.807, 2.05) is 29.8 Å². The fraction of sp³-hybridized carbons (Fsp3) is 0.200. The van der Waals surface area contributed by atoms with Crippen molar-refractivity contribution in [3.63, 3.8) is 0 Å². The van der Waals surface area contributed by atoms with Crippen LogP contribution in [-0.2, 0) is 10.0 Å². The summed E-state index contributed by atoms with van der Waals surface area (Å²) in [7, 11) is -3.34. The van der Waals surface area contributed by atoms with Crippen LogP contribution in [0.1, 0.15) is 21.5 Å². The van der Waals surface area contributed by atoms with Crippen LogP contribution in [0.25, 0.3) is 5.69 Å². The van der Waals surface area contributed by atoms with Gasteiger partial charge in [0.25, 0.3) is 0 Å². The van der Waals surface area contributed by atoms with Crippen molar-refractivity contribution in [2.24, 2.45) is 0 Å². The smallest absolute Gasteiger partial charge is 0.229 e. The SMILES string of the molecule is Cc1ccc(-n2ccnc2SCC(=O)c2ccc(NS(C)(=O)=O)cc2)c(C)c1. The predicted molar refractivity (Wildman–Crippen MR) is 113 cm³/mol. The number of imidazole rings is 1. The zero-order valence-electron chi connectivity index (χ0n) is 15.8. The molecule has 0 atom stereocenters. The van der Waals surface area contributed by atoms with Crippen LogP contribution in [0.2, 0.25) is 0 Å². The first-order valence-corrected chi connectivity index (χ1v) is 11.5. The number of thioether (sulfide) groups is 1. The Morgan fingerprint density at radius 1 is 1.14 bits per heavy atom. The minimum atomic E-state index is -3.34. The lowest BCUT2D eigenvalue weighted by molar-refractivity contribution is 0.102. The van der Waals surface area contributed by atoms with Crippen LogP contribution in [0.15, 0.2) is 60.0 Å². The van der Waals surface area contributed by atoms with E-state index in [-0.39, 0.29) is 11.5 Å². The molecule has 1 N–H and O–H groups in total. The molecule has 8 heteroatoms. The third-order valence-electron chi connectivity index (χ3n) is 4.06. The third kappa shape index (κ3) is 5.02. The minimum Gasteiger partial charge on any atom is -0.295 e. The Morgan fingerprint density at radius 3 is 2.50 bits per heavy atom. The van der Waals surface area contributed by atoms with Gasteiger partial charge in [-0.3, -0.25) is 14.1 Å². The molecule has 3 aromatic rings. The number of hydrogen-bond acceptors (Lipinski definition) is 5. The number of nitrogens with zero attached hydrogens (tertiary/aromatic N) is 2. The molecule has 0 aliphatic carbocycles. The Balaban J connectivity index is 1.70. The number of sulfonamides is 1. The highest BCUT2D eigenvalue weighted by Gasteiger charge is 2.12. The first-order valence-electron chi connectivity index (χ1n) is 8.58. The molecule has 28 heavy (non-hydrogen) atoms. The summed E-state index contributed by atoms with van der Waals surface area (Å²) in [5.74, 6) is 0.187. The van der Waals surface area contributed by atoms with Gasteiger partial charge in [0.05, 0.1) is 17.7 Å². The molecule has 0 fully saturated rings. The third-order valence-corrected chi connectivity index (χ3v) is 5.63. The summed E-state index contributed by atoms with van der Waals surface area (Å²) < 4.78 is 26.9. The van der Waals surface area contributed by atoms with Gasteiger partial charge >= 0.3 is 0 Å². The Kier molecular flexibility index (Phi) is 5.90. The van der Waals surface area contributed by atoms with E-state index >= 15 is 0 Å². The number of hydrogen-bond donors (Lipinski definition) is 1. The summed E-state index contributed by atoms with van der Waals surface area (Å²) in [6, 6.07) is 12.6. The van der Waals surface area contributed by atoms with Gasteiger partial charge < -0.3 is 0 Å².